The zero-order chi connectivity index (χ0) is 14.9. The Morgan fingerprint density at radius 3 is 2.68 bits per heavy atom. The van der Waals surface area contributed by atoms with Gasteiger partial charge in [0.1, 0.15) is 5.75 Å². The summed E-state index contributed by atoms with van der Waals surface area (Å²) in [5, 5.41) is 0. The van der Waals surface area contributed by atoms with Crippen LogP contribution in [0.25, 0.3) is 5.52 Å². The first-order valence-corrected chi connectivity index (χ1v) is 7.53. The van der Waals surface area contributed by atoms with Crippen LogP contribution >= 0.6 is 0 Å². The Morgan fingerprint density at radius 1 is 1.14 bits per heavy atom. The van der Waals surface area contributed by atoms with E-state index in [1.54, 1.807) is 29.2 Å². The highest BCUT2D eigenvalue weighted by atomic mass is 16.5. The van der Waals surface area contributed by atoms with Crippen LogP contribution in [0.5, 0.6) is 5.75 Å². The standard InChI is InChI=1S/C18H16N2O2/c21-18(15-4-7-16-10-19-12-20(16)11-15)22-17-8-5-14(6-9-17)13-2-1-3-13/h4-13H,1-3H2. The van der Waals surface area contributed by atoms with E-state index in [0.717, 1.165) is 5.52 Å². The molecule has 2 aromatic heterocycles. The van der Waals surface area contributed by atoms with Crippen molar-refractivity contribution in [1.82, 2.24) is 9.38 Å². The molecule has 0 radical (unpaired) electrons. The lowest BCUT2D eigenvalue weighted by molar-refractivity contribution is 0.0734. The molecular weight excluding hydrogens is 276 g/mol. The minimum absolute atomic E-state index is 0.355. The van der Waals surface area contributed by atoms with Crippen molar-refractivity contribution in [2.75, 3.05) is 0 Å². The van der Waals surface area contributed by atoms with Crippen LogP contribution in [0.15, 0.2) is 55.1 Å². The van der Waals surface area contributed by atoms with Crippen molar-refractivity contribution in [2.24, 2.45) is 0 Å². The fourth-order valence-electron chi connectivity index (χ4n) is 2.76. The fraction of sp³-hybridized carbons (Fsp3) is 0.222. The van der Waals surface area contributed by atoms with Gasteiger partial charge in [0.2, 0.25) is 0 Å². The predicted molar refractivity (Wildman–Crippen MR) is 83.2 cm³/mol. The smallest absolute Gasteiger partial charge is 0.345 e. The molecule has 1 aromatic carbocycles. The van der Waals surface area contributed by atoms with Gasteiger partial charge in [0.25, 0.3) is 0 Å². The van der Waals surface area contributed by atoms with Crippen molar-refractivity contribution in [3.8, 4) is 5.75 Å². The predicted octanol–water partition coefficient (Wildman–Crippen LogP) is 3.82. The van der Waals surface area contributed by atoms with Gasteiger partial charge in [-0.05, 0) is 48.6 Å². The summed E-state index contributed by atoms with van der Waals surface area (Å²) in [5.41, 5.74) is 2.79. The SMILES string of the molecule is O=C(Oc1ccc(C2CCC2)cc1)c1ccc2cncn2c1. The molecule has 4 rings (SSSR count). The van der Waals surface area contributed by atoms with Gasteiger partial charge in [0.15, 0.2) is 0 Å². The highest BCUT2D eigenvalue weighted by molar-refractivity contribution is 5.91. The van der Waals surface area contributed by atoms with E-state index in [1.807, 2.05) is 18.2 Å². The summed E-state index contributed by atoms with van der Waals surface area (Å²) in [7, 11) is 0. The van der Waals surface area contributed by atoms with Crippen LogP contribution in [0, 0.1) is 0 Å². The van der Waals surface area contributed by atoms with Gasteiger partial charge in [-0.25, -0.2) is 9.78 Å². The number of rotatable bonds is 3. The summed E-state index contributed by atoms with van der Waals surface area (Å²) in [6.45, 7) is 0. The average Bonchev–Trinajstić information content (AvgIpc) is 2.94. The minimum Gasteiger partial charge on any atom is -0.423 e. The molecule has 0 spiro atoms. The molecule has 0 unspecified atom stereocenters. The molecule has 22 heavy (non-hydrogen) atoms. The van der Waals surface area contributed by atoms with Crippen molar-refractivity contribution in [3.05, 3.63) is 66.2 Å². The summed E-state index contributed by atoms with van der Waals surface area (Å²) in [4.78, 5) is 16.2. The third-order valence-corrected chi connectivity index (χ3v) is 4.31. The molecule has 110 valence electrons. The Bertz CT molecular complexity index is 816. The molecule has 0 amide bonds. The average molecular weight is 292 g/mol. The number of carbonyl (C=O) groups excluding carboxylic acids is 1. The van der Waals surface area contributed by atoms with Gasteiger partial charge in [0.05, 0.1) is 23.6 Å². The minimum atomic E-state index is -0.355. The number of nitrogens with zero attached hydrogens (tertiary/aromatic N) is 2. The number of hydrogen-bond acceptors (Lipinski definition) is 3. The number of esters is 1. The zero-order valence-electron chi connectivity index (χ0n) is 12.1. The number of ether oxygens (including phenoxy) is 1. The van der Waals surface area contributed by atoms with Crippen LogP contribution in [0.4, 0.5) is 0 Å². The molecule has 1 saturated carbocycles. The quantitative estimate of drug-likeness (QED) is 0.544. The lowest BCUT2D eigenvalue weighted by Gasteiger charge is -2.25. The summed E-state index contributed by atoms with van der Waals surface area (Å²) in [6.07, 6.45) is 8.99. The van der Waals surface area contributed by atoms with Gasteiger partial charge in [-0.15, -0.1) is 0 Å². The molecule has 1 aliphatic carbocycles. The van der Waals surface area contributed by atoms with Crippen molar-refractivity contribution < 1.29 is 9.53 Å². The van der Waals surface area contributed by atoms with E-state index in [1.165, 1.54) is 24.8 Å². The first-order valence-electron chi connectivity index (χ1n) is 7.53. The van der Waals surface area contributed by atoms with Crippen LogP contribution in [0.2, 0.25) is 0 Å². The highest BCUT2D eigenvalue weighted by Crippen LogP contribution is 2.36. The first kappa shape index (κ1) is 13.1. The van der Waals surface area contributed by atoms with Gasteiger partial charge in [-0.1, -0.05) is 18.6 Å². The molecule has 0 N–H and O–H groups in total. The molecule has 4 nitrogen and oxygen atoms in total. The second-order valence-corrected chi connectivity index (χ2v) is 5.73. The van der Waals surface area contributed by atoms with E-state index < -0.39 is 0 Å². The van der Waals surface area contributed by atoms with Gasteiger partial charge >= 0.3 is 5.97 Å². The number of fused-ring (bicyclic) bond motifs is 1. The van der Waals surface area contributed by atoms with Crippen LogP contribution in [-0.2, 0) is 0 Å². The monoisotopic (exact) mass is 292 g/mol. The van der Waals surface area contributed by atoms with Crippen LogP contribution in [0.3, 0.4) is 0 Å². The Hall–Kier alpha value is -2.62. The first-order chi connectivity index (χ1) is 10.8. The molecule has 3 aromatic rings. The Labute approximate surface area is 128 Å². The fourth-order valence-corrected chi connectivity index (χ4v) is 2.76. The van der Waals surface area contributed by atoms with Crippen molar-refractivity contribution in [2.45, 2.75) is 25.2 Å². The number of benzene rings is 1. The van der Waals surface area contributed by atoms with Crippen LogP contribution in [0.1, 0.15) is 41.1 Å². The van der Waals surface area contributed by atoms with Gasteiger partial charge in [0, 0.05) is 6.20 Å². The van der Waals surface area contributed by atoms with E-state index in [0.29, 0.717) is 17.2 Å². The molecule has 4 heteroatoms. The topological polar surface area (TPSA) is 43.6 Å². The number of pyridine rings is 1. The number of aromatic nitrogens is 2. The maximum Gasteiger partial charge on any atom is 0.345 e. The third-order valence-electron chi connectivity index (χ3n) is 4.31. The van der Waals surface area contributed by atoms with Crippen molar-refractivity contribution >= 4 is 11.5 Å². The van der Waals surface area contributed by atoms with Crippen LogP contribution < -0.4 is 4.74 Å². The third kappa shape index (κ3) is 2.37. The summed E-state index contributed by atoms with van der Waals surface area (Å²) < 4.78 is 7.24. The van der Waals surface area contributed by atoms with Crippen LogP contribution in [-0.4, -0.2) is 15.4 Å². The van der Waals surface area contributed by atoms with Gasteiger partial charge < -0.3 is 9.14 Å². The summed E-state index contributed by atoms with van der Waals surface area (Å²) in [6, 6.07) is 11.5. The molecule has 0 bridgehead atoms. The van der Waals surface area contributed by atoms with E-state index >= 15 is 0 Å². The van der Waals surface area contributed by atoms with E-state index in [4.69, 9.17) is 4.74 Å². The van der Waals surface area contributed by atoms with Gasteiger partial charge in [-0.2, -0.15) is 0 Å². The lowest BCUT2D eigenvalue weighted by atomic mass is 9.80. The maximum absolute atomic E-state index is 12.2. The molecule has 1 fully saturated rings. The Morgan fingerprint density at radius 2 is 1.95 bits per heavy atom. The molecular formula is C18H16N2O2. The van der Waals surface area contributed by atoms with Gasteiger partial charge in [-0.3, -0.25) is 0 Å². The number of imidazole rings is 1. The maximum atomic E-state index is 12.2. The summed E-state index contributed by atoms with van der Waals surface area (Å²) in [5.74, 6) is 0.916. The lowest BCUT2D eigenvalue weighted by Crippen LogP contribution is -2.10. The molecule has 0 aliphatic heterocycles. The molecule has 2 heterocycles. The van der Waals surface area contributed by atoms with Crippen molar-refractivity contribution in [3.63, 3.8) is 0 Å². The molecule has 1 aliphatic rings. The van der Waals surface area contributed by atoms with E-state index in [-0.39, 0.29) is 5.97 Å². The summed E-state index contributed by atoms with van der Waals surface area (Å²) >= 11 is 0. The second kappa shape index (κ2) is 5.30. The normalized spacial score (nSPS) is 14.7. The highest BCUT2D eigenvalue weighted by Gasteiger charge is 2.19. The van der Waals surface area contributed by atoms with E-state index in [2.05, 4.69) is 17.1 Å². The largest absolute Gasteiger partial charge is 0.423 e. The molecule has 0 atom stereocenters. The second-order valence-electron chi connectivity index (χ2n) is 5.73. The van der Waals surface area contributed by atoms with E-state index in [9.17, 15) is 4.79 Å². The Kier molecular flexibility index (Phi) is 3.15. The molecule has 0 saturated heterocycles. The van der Waals surface area contributed by atoms with Crippen molar-refractivity contribution in [1.29, 1.82) is 0 Å². The number of carbonyl (C=O) groups is 1. The Balaban J connectivity index is 1.50. The number of hydrogen-bond donors (Lipinski definition) is 0. The zero-order valence-corrected chi connectivity index (χ0v) is 12.1.